The van der Waals surface area contributed by atoms with Crippen molar-refractivity contribution in [3.05, 3.63) is 87.7 Å². The number of aromatic nitrogens is 1. The maximum atomic E-state index is 13.1. The second-order valence-corrected chi connectivity index (χ2v) is 8.47. The van der Waals surface area contributed by atoms with Crippen LogP contribution in [0.2, 0.25) is 10.0 Å². The number of carbonyl (C=O) groups is 1. The summed E-state index contributed by atoms with van der Waals surface area (Å²) in [4.78, 5) is 14.6. The highest BCUT2D eigenvalue weighted by Crippen LogP contribution is 2.30. The van der Waals surface area contributed by atoms with Gasteiger partial charge in [0.1, 0.15) is 0 Å². The van der Waals surface area contributed by atoms with Crippen LogP contribution in [0.1, 0.15) is 23.2 Å². The third-order valence-electron chi connectivity index (χ3n) is 5.12. The summed E-state index contributed by atoms with van der Waals surface area (Å²) in [6.07, 6.45) is -2.02. The lowest BCUT2D eigenvalue weighted by Gasteiger charge is -2.24. The zero-order valence-electron chi connectivity index (χ0n) is 18.4. The van der Waals surface area contributed by atoms with Gasteiger partial charge in [0.25, 0.3) is 0 Å². The second kappa shape index (κ2) is 11.6. The van der Waals surface area contributed by atoms with E-state index in [1.54, 1.807) is 48.5 Å². The van der Waals surface area contributed by atoms with Crippen molar-refractivity contribution in [3.63, 3.8) is 0 Å². The number of amides is 2. The predicted molar refractivity (Wildman–Crippen MR) is 127 cm³/mol. The van der Waals surface area contributed by atoms with Crippen LogP contribution in [0, 0.1) is 0 Å². The molecule has 3 rings (SSSR count). The standard InChI is InChI=1S/C24H24Cl2F3N3O2/c1-34-12-4-11-32(23(33)30-19-8-9-21(25)22(26)14-19)16-20-7-3-10-31(20)15-17-5-2-6-18(13-17)24(27,28)29/h2-3,5-10,13-14H,4,11-12,15-16H2,1H3,(H,30,33). The molecular weight excluding hydrogens is 490 g/mol. The number of rotatable bonds is 9. The summed E-state index contributed by atoms with van der Waals surface area (Å²) in [5, 5.41) is 3.51. The molecule has 2 aromatic carbocycles. The van der Waals surface area contributed by atoms with Crippen molar-refractivity contribution < 1.29 is 22.7 Å². The summed E-state index contributed by atoms with van der Waals surface area (Å²) in [5.74, 6) is 0. The van der Waals surface area contributed by atoms with Gasteiger partial charge in [0.15, 0.2) is 0 Å². The molecule has 0 aliphatic heterocycles. The van der Waals surface area contributed by atoms with E-state index in [9.17, 15) is 18.0 Å². The first-order valence-electron chi connectivity index (χ1n) is 10.5. The zero-order valence-corrected chi connectivity index (χ0v) is 19.9. The van der Waals surface area contributed by atoms with Gasteiger partial charge in [0.05, 0.1) is 22.2 Å². The molecule has 1 aromatic heterocycles. The summed E-state index contributed by atoms with van der Waals surface area (Å²) in [6, 6.07) is 13.3. The first kappa shape index (κ1) is 25.9. The Morgan fingerprint density at radius 3 is 2.59 bits per heavy atom. The van der Waals surface area contributed by atoms with Crippen molar-refractivity contribution >= 4 is 34.9 Å². The van der Waals surface area contributed by atoms with E-state index in [1.807, 2.05) is 10.6 Å². The topological polar surface area (TPSA) is 46.5 Å². The van der Waals surface area contributed by atoms with E-state index < -0.39 is 11.7 Å². The van der Waals surface area contributed by atoms with Gasteiger partial charge < -0.3 is 19.5 Å². The molecule has 0 unspecified atom stereocenters. The Balaban J connectivity index is 1.76. The summed E-state index contributed by atoms with van der Waals surface area (Å²) in [7, 11) is 1.58. The average Bonchev–Trinajstić information content (AvgIpc) is 3.21. The zero-order chi connectivity index (χ0) is 24.7. The van der Waals surface area contributed by atoms with Crippen LogP contribution in [0.4, 0.5) is 23.7 Å². The average molecular weight is 514 g/mol. The molecule has 0 bridgehead atoms. The van der Waals surface area contributed by atoms with E-state index in [0.717, 1.165) is 17.8 Å². The number of hydrogen-bond acceptors (Lipinski definition) is 2. The minimum atomic E-state index is -4.41. The van der Waals surface area contributed by atoms with Gasteiger partial charge in [-0.3, -0.25) is 0 Å². The van der Waals surface area contributed by atoms with Crippen LogP contribution in [0.5, 0.6) is 0 Å². The summed E-state index contributed by atoms with van der Waals surface area (Å²) in [6.45, 7) is 1.38. The Bertz CT molecular complexity index is 1120. The van der Waals surface area contributed by atoms with Gasteiger partial charge in [-0.25, -0.2) is 4.79 Å². The van der Waals surface area contributed by atoms with Crippen LogP contribution in [0.25, 0.3) is 0 Å². The van der Waals surface area contributed by atoms with Crippen molar-refractivity contribution in [1.29, 1.82) is 0 Å². The van der Waals surface area contributed by atoms with Gasteiger partial charge in [-0.05, 0) is 54.4 Å². The highest BCUT2D eigenvalue weighted by molar-refractivity contribution is 6.42. The van der Waals surface area contributed by atoms with E-state index in [-0.39, 0.29) is 19.1 Å². The van der Waals surface area contributed by atoms with Crippen LogP contribution in [0.3, 0.4) is 0 Å². The van der Waals surface area contributed by atoms with Gasteiger partial charge >= 0.3 is 12.2 Å². The molecule has 0 atom stereocenters. The van der Waals surface area contributed by atoms with Gasteiger partial charge in [-0.2, -0.15) is 13.2 Å². The Morgan fingerprint density at radius 2 is 1.88 bits per heavy atom. The summed E-state index contributed by atoms with van der Waals surface area (Å²) >= 11 is 12.0. The minimum absolute atomic E-state index is 0.243. The number of anilines is 1. The third kappa shape index (κ3) is 7.16. The quantitative estimate of drug-likeness (QED) is 0.315. The fourth-order valence-electron chi connectivity index (χ4n) is 3.41. The number of urea groups is 1. The molecule has 5 nitrogen and oxygen atoms in total. The van der Waals surface area contributed by atoms with Crippen molar-refractivity contribution in [2.45, 2.75) is 25.7 Å². The molecule has 182 valence electrons. The van der Waals surface area contributed by atoms with E-state index >= 15 is 0 Å². The number of nitrogens with one attached hydrogen (secondary N) is 1. The molecule has 0 radical (unpaired) electrons. The van der Waals surface area contributed by atoms with E-state index in [0.29, 0.717) is 40.9 Å². The molecule has 2 amide bonds. The van der Waals surface area contributed by atoms with Crippen molar-refractivity contribution in [3.8, 4) is 0 Å². The minimum Gasteiger partial charge on any atom is -0.385 e. The molecule has 0 aliphatic rings. The third-order valence-corrected chi connectivity index (χ3v) is 5.86. The smallest absolute Gasteiger partial charge is 0.385 e. The number of hydrogen-bond donors (Lipinski definition) is 1. The van der Waals surface area contributed by atoms with Gasteiger partial charge in [-0.1, -0.05) is 35.3 Å². The van der Waals surface area contributed by atoms with E-state index in [4.69, 9.17) is 27.9 Å². The molecule has 0 spiro atoms. The van der Waals surface area contributed by atoms with Gasteiger partial charge in [0.2, 0.25) is 0 Å². The normalized spacial score (nSPS) is 11.5. The molecule has 10 heteroatoms. The fourth-order valence-corrected chi connectivity index (χ4v) is 3.71. The molecule has 1 N–H and O–H groups in total. The second-order valence-electron chi connectivity index (χ2n) is 7.65. The molecule has 0 saturated carbocycles. The molecule has 3 aromatic rings. The number of nitrogens with zero attached hydrogens (tertiary/aromatic N) is 2. The molecule has 1 heterocycles. The molecule has 0 saturated heterocycles. The first-order chi connectivity index (χ1) is 16.2. The van der Waals surface area contributed by atoms with Crippen molar-refractivity contribution in [1.82, 2.24) is 9.47 Å². The van der Waals surface area contributed by atoms with Crippen LogP contribution in [-0.4, -0.2) is 35.8 Å². The van der Waals surface area contributed by atoms with Crippen LogP contribution >= 0.6 is 23.2 Å². The molecule has 0 fully saturated rings. The highest BCUT2D eigenvalue weighted by Gasteiger charge is 2.30. The number of benzene rings is 2. The van der Waals surface area contributed by atoms with Crippen molar-refractivity contribution in [2.24, 2.45) is 0 Å². The summed E-state index contributed by atoms with van der Waals surface area (Å²) < 4.78 is 46.2. The number of alkyl halides is 3. The molecular formula is C24H24Cl2F3N3O2. The Kier molecular flexibility index (Phi) is 8.88. The molecule has 34 heavy (non-hydrogen) atoms. The van der Waals surface area contributed by atoms with Crippen LogP contribution in [-0.2, 0) is 24.0 Å². The Morgan fingerprint density at radius 1 is 1.09 bits per heavy atom. The van der Waals surface area contributed by atoms with Gasteiger partial charge in [0, 0.05) is 44.4 Å². The largest absolute Gasteiger partial charge is 0.416 e. The first-order valence-corrected chi connectivity index (χ1v) is 11.2. The lowest BCUT2D eigenvalue weighted by atomic mass is 10.1. The maximum Gasteiger partial charge on any atom is 0.416 e. The fraction of sp³-hybridized carbons (Fsp3) is 0.292. The highest BCUT2D eigenvalue weighted by atomic mass is 35.5. The van der Waals surface area contributed by atoms with Gasteiger partial charge in [-0.15, -0.1) is 0 Å². The van der Waals surface area contributed by atoms with Crippen molar-refractivity contribution in [2.75, 3.05) is 25.6 Å². The lowest BCUT2D eigenvalue weighted by molar-refractivity contribution is -0.137. The Labute approximate surface area is 206 Å². The number of halogens is 5. The lowest BCUT2D eigenvalue weighted by Crippen LogP contribution is -2.36. The monoisotopic (exact) mass is 513 g/mol. The number of ether oxygens (including phenoxy) is 1. The summed E-state index contributed by atoms with van der Waals surface area (Å²) in [5.41, 5.74) is 1.09. The Hall–Kier alpha value is -2.68. The number of carbonyl (C=O) groups excluding carboxylic acids is 1. The maximum absolute atomic E-state index is 13.1. The molecule has 0 aliphatic carbocycles. The van der Waals surface area contributed by atoms with E-state index in [2.05, 4.69) is 5.32 Å². The van der Waals surface area contributed by atoms with Crippen LogP contribution < -0.4 is 5.32 Å². The SMILES string of the molecule is COCCCN(Cc1cccn1Cc1cccc(C(F)(F)F)c1)C(=O)Nc1ccc(Cl)c(Cl)c1. The van der Waals surface area contributed by atoms with Crippen LogP contribution in [0.15, 0.2) is 60.8 Å². The number of methoxy groups -OCH3 is 1. The van der Waals surface area contributed by atoms with E-state index in [1.165, 1.54) is 6.07 Å². The predicted octanol–water partition coefficient (Wildman–Crippen LogP) is 6.93.